The van der Waals surface area contributed by atoms with Gasteiger partial charge >= 0.3 is 0 Å². The molecule has 0 spiro atoms. The Kier molecular flexibility index (Phi) is 7.23. The van der Waals surface area contributed by atoms with Crippen LogP contribution in [0.1, 0.15) is 37.3 Å². The minimum atomic E-state index is -0.334. The SMILES string of the molecule is CC[C@@H](C)c1ccc2oc(-c3ccc(NC(=S)NC(=O)COc4cccc(C)c4)cc3)nc2c1. The number of amides is 1. The number of thiocarbonyl (C=S) groups is 1. The van der Waals surface area contributed by atoms with Crippen LogP contribution in [0.5, 0.6) is 5.75 Å². The van der Waals surface area contributed by atoms with Crippen molar-refractivity contribution in [2.45, 2.75) is 33.1 Å². The van der Waals surface area contributed by atoms with Gasteiger partial charge in [0.25, 0.3) is 5.91 Å². The number of carbonyl (C=O) groups excluding carboxylic acids is 1. The number of ether oxygens (including phenoxy) is 1. The number of oxazole rings is 1. The molecule has 1 heterocycles. The van der Waals surface area contributed by atoms with Gasteiger partial charge in [-0.05, 0) is 91.1 Å². The van der Waals surface area contributed by atoms with Crippen molar-refractivity contribution in [3.8, 4) is 17.2 Å². The highest BCUT2D eigenvalue weighted by Crippen LogP contribution is 2.28. The van der Waals surface area contributed by atoms with Gasteiger partial charge in [0.1, 0.15) is 11.3 Å². The average Bonchev–Trinajstić information content (AvgIpc) is 3.26. The Morgan fingerprint density at radius 3 is 2.65 bits per heavy atom. The summed E-state index contributed by atoms with van der Waals surface area (Å²) in [7, 11) is 0. The summed E-state index contributed by atoms with van der Waals surface area (Å²) in [5, 5.41) is 5.83. The van der Waals surface area contributed by atoms with E-state index in [2.05, 4.69) is 41.6 Å². The third-order valence-corrected chi connectivity index (χ3v) is 5.80. The summed E-state index contributed by atoms with van der Waals surface area (Å²) in [5.41, 5.74) is 5.53. The van der Waals surface area contributed by atoms with Crippen LogP contribution < -0.4 is 15.4 Å². The fourth-order valence-electron chi connectivity index (χ4n) is 3.49. The van der Waals surface area contributed by atoms with E-state index in [4.69, 9.17) is 21.4 Å². The zero-order valence-corrected chi connectivity index (χ0v) is 20.2. The summed E-state index contributed by atoms with van der Waals surface area (Å²) < 4.78 is 11.4. The van der Waals surface area contributed by atoms with Crippen LogP contribution in [-0.2, 0) is 4.79 Å². The Morgan fingerprint density at radius 1 is 1.12 bits per heavy atom. The van der Waals surface area contributed by atoms with Crippen LogP contribution in [0.3, 0.4) is 0 Å². The smallest absolute Gasteiger partial charge is 0.264 e. The Hall–Kier alpha value is -3.71. The highest BCUT2D eigenvalue weighted by molar-refractivity contribution is 7.80. The van der Waals surface area contributed by atoms with Gasteiger partial charge in [-0.25, -0.2) is 4.98 Å². The van der Waals surface area contributed by atoms with E-state index in [-0.39, 0.29) is 17.6 Å². The van der Waals surface area contributed by atoms with Crippen LogP contribution in [-0.4, -0.2) is 22.6 Å². The first kappa shape index (κ1) is 23.4. The molecule has 174 valence electrons. The summed E-state index contributed by atoms with van der Waals surface area (Å²) in [6.07, 6.45) is 1.08. The van der Waals surface area contributed by atoms with Crippen molar-refractivity contribution in [1.29, 1.82) is 0 Å². The molecule has 0 radical (unpaired) electrons. The second-order valence-electron chi connectivity index (χ2n) is 8.24. The van der Waals surface area contributed by atoms with Gasteiger partial charge in [0.2, 0.25) is 5.89 Å². The van der Waals surface area contributed by atoms with Crippen molar-refractivity contribution in [3.05, 3.63) is 77.9 Å². The lowest BCUT2D eigenvalue weighted by atomic mass is 9.98. The fourth-order valence-corrected chi connectivity index (χ4v) is 3.72. The summed E-state index contributed by atoms with van der Waals surface area (Å²) >= 11 is 5.25. The van der Waals surface area contributed by atoms with Crippen LogP contribution in [0.15, 0.2) is 71.1 Å². The molecule has 1 atom stereocenters. The molecule has 3 aromatic carbocycles. The van der Waals surface area contributed by atoms with Gasteiger partial charge in [-0.2, -0.15) is 0 Å². The molecule has 0 saturated carbocycles. The van der Waals surface area contributed by atoms with Gasteiger partial charge in [0.15, 0.2) is 17.3 Å². The van der Waals surface area contributed by atoms with Gasteiger partial charge in [-0.3, -0.25) is 10.1 Å². The number of nitrogens with zero attached hydrogens (tertiary/aromatic N) is 1. The minimum Gasteiger partial charge on any atom is -0.484 e. The quantitative estimate of drug-likeness (QED) is 0.311. The molecule has 1 aromatic heterocycles. The number of hydrogen-bond donors (Lipinski definition) is 2. The number of nitrogens with one attached hydrogen (secondary N) is 2. The van der Waals surface area contributed by atoms with Gasteiger partial charge in [-0.15, -0.1) is 0 Å². The van der Waals surface area contributed by atoms with E-state index in [9.17, 15) is 4.79 Å². The van der Waals surface area contributed by atoms with E-state index >= 15 is 0 Å². The Bertz CT molecular complexity index is 1310. The molecule has 0 aliphatic rings. The largest absolute Gasteiger partial charge is 0.484 e. The highest BCUT2D eigenvalue weighted by Gasteiger charge is 2.12. The highest BCUT2D eigenvalue weighted by atomic mass is 32.1. The summed E-state index contributed by atoms with van der Waals surface area (Å²) in [6.45, 7) is 6.22. The third kappa shape index (κ3) is 5.80. The summed E-state index contributed by atoms with van der Waals surface area (Å²) in [6, 6.07) is 21.2. The molecule has 4 rings (SSSR count). The maximum absolute atomic E-state index is 12.1. The third-order valence-electron chi connectivity index (χ3n) is 5.60. The van der Waals surface area contributed by atoms with Crippen LogP contribution in [0.2, 0.25) is 0 Å². The fraction of sp³-hybridized carbons (Fsp3) is 0.222. The van der Waals surface area contributed by atoms with E-state index in [1.807, 2.05) is 55.5 Å². The number of fused-ring (bicyclic) bond motifs is 1. The van der Waals surface area contributed by atoms with Gasteiger partial charge in [0, 0.05) is 11.3 Å². The van der Waals surface area contributed by atoms with E-state index in [0.29, 0.717) is 17.6 Å². The lowest BCUT2D eigenvalue weighted by Crippen LogP contribution is -2.37. The number of benzene rings is 3. The van der Waals surface area contributed by atoms with Gasteiger partial charge in [0.05, 0.1) is 0 Å². The number of aryl methyl sites for hydroxylation is 1. The Labute approximate surface area is 204 Å². The first-order chi connectivity index (χ1) is 16.4. The van der Waals surface area contributed by atoms with Crippen molar-refractivity contribution in [1.82, 2.24) is 10.3 Å². The first-order valence-corrected chi connectivity index (χ1v) is 11.6. The number of anilines is 1. The van der Waals surface area contributed by atoms with Crippen molar-refractivity contribution in [2.24, 2.45) is 0 Å². The molecule has 34 heavy (non-hydrogen) atoms. The topological polar surface area (TPSA) is 76.4 Å². The molecular weight excluding hydrogens is 446 g/mol. The zero-order valence-electron chi connectivity index (χ0n) is 19.4. The van der Waals surface area contributed by atoms with Gasteiger partial charge in [-0.1, -0.05) is 32.0 Å². The van der Waals surface area contributed by atoms with Crippen molar-refractivity contribution in [3.63, 3.8) is 0 Å². The maximum atomic E-state index is 12.1. The Balaban J connectivity index is 1.34. The minimum absolute atomic E-state index is 0.124. The summed E-state index contributed by atoms with van der Waals surface area (Å²) in [5.74, 6) is 1.35. The normalized spacial score (nSPS) is 11.7. The standard InChI is InChI=1S/C27H27N3O3S/c1-4-18(3)20-10-13-24-23(15-20)29-26(33-24)19-8-11-21(12-9-19)28-27(34)30-25(31)16-32-22-7-5-6-17(2)14-22/h5-15,18H,4,16H2,1-3H3,(H2,28,30,31,34)/t18-/m1/s1. The van der Waals surface area contributed by atoms with E-state index in [1.165, 1.54) is 5.56 Å². The molecule has 6 nitrogen and oxygen atoms in total. The first-order valence-electron chi connectivity index (χ1n) is 11.2. The Morgan fingerprint density at radius 2 is 1.91 bits per heavy atom. The molecule has 0 aliphatic carbocycles. The molecule has 0 aliphatic heterocycles. The molecule has 1 amide bonds. The van der Waals surface area contributed by atoms with Crippen molar-refractivity contribution >= 4 is 40.0 Å². The predicted molar refractivity (Wildman–Crippen MR) is 139 cm³/mol. The lowest BCUT2D eigenvalue weighted by molar-refractivity contribution is -0.121. The molecule has 4 aromatic rings. The molecule has 0 unspecified atom stereocenters. The van der Waals surface area contributed by atoms with E-state index < -0.39 is 0 Å². The molecule has 0 fully saturated rings. The maximum Gasteiger partial charge on any atom is 0.264 e. The molecular formula is C27H27N3O3S. The predicted octanol–water partition coefficient (Wildman–Crippen LogP) is 6.21. The molecule has 2 N–H and O–H groups in total. The second kappa shape index (κ2) is 10.5. The average molecular weight is 474 g/mol. The summed E-state index contributed by atoms with van der Waals surface area (Å²) in [4.78, 5) is 16.8. The molecule has 0 saturated heterocycles. The lowest BCUT2D eigenvalue weighted by Gasteiger charge is -2.11. The van der Waals surface area contributed by atoms with Crippen molar-refractivity contribution < 1.29 is 13.9 Å². The number of carbonyl (C=O) groups is 1. The number of aromatic nitrogens is 1. The van der Waals surface area contributed by atoms with Crippen molar-refractivity contribution in [2.75, 3.05) is 11.9 Å². The molecule has 7 heteroatoms. The molecule has 0 bridgehead atoms. The van der Waals surface area contributed by atoms with Gasteiger partial charge < -0.3 is 14.5 Å². The zero-order chi connectivity index (χ0) is 24.1. The second-order valence-corrected chi connectivity index (χ2v) is 8.65. The number of hydrogen-bond acceptors (Lipinski definition) is 5. The van der Waals surface area contributed by atoms with Crippen LogP contribution in [0, 0.1) is 6.92 Å². The monoisotopic (exact) mass is 473 g/mol. The van der Waals surface area contributed by atoms with E-state index in [1.54, 1.807) is 6.07 Å². The number of rotatable bonds is 7. The van der Waals surface area contributed by atoms with Crippen LogP contribution >= 0.6 is 12.2 Å². The van der Waals surface area contributed by atoms with E-state index in [0.717, 1.165) is 34.3 Å². The van der Waals surface area contributed by atoms with Crippen LogP contribution in [0.25, 0.3) is 22.6 Å². The van der Waals surface area contributed by atoms with Crippen LogP contribution in [0.4, 0.5) is 5.69 Å².